The van der Waals surface area contributed by atoms with Crippen LogP contribution in [0.2, 0.25) is 0 Å². The number of hydrogen-bond donors (Lipinski definition) is 1. The molecule has 3 nitrogen and oxygen atoms in total. The first-order valence-corrected chi connectivity index (χ1v) is 7.67. The number of rotatable bonds is 4. The quantitative estimate of drug-likeness (QED) is 0.433. The molecule has 0 saturated carbocycles. The Morgan fingerprint density at radius 3 is 2.12 bits per heavy atom. The smallest absolute Gasteiger partial charge is 0.343 e. The zero-order valence-electron chi connectivity index (χ0n) is 13.3. The molecule has 0 bridgehead atoms. The van der Waals surface area contributed by atoms with Crippen molar-refractivity contribution in [3.8, 4) is 5.75 Å². The van der Waals surface area contributed by atoms with Crippen LogP contribution in [0.4, 0.5) is 0 Å². The molecule has 0 unspecified atom stereocenters. The fraction of sp³-hybridized carbons (Fsp3) is 0.0476. The predicted molar refractivity (Wildman–Crippen MR) is 95.0 cm³/mol. The Labute approximate surface area is 141 Å². The first kappa shape index (κ1) is 15.7. The van der Waals surface area contributed by atoms with Crippen LogP contribution in [-0.2, 0) is 0 Å². The second kappa shape index (κ2) is 6.92. The van der Waals surface area contributed by atoms with Gasteiger partial charge in [0.2, 0.25) is 0 Å². The van der Waals surface area contributed by atoms with E-state index in [1.165, 1.54) is 0 Å². The summed E-state index contributed by atoms with van der Waals surface area (Å²) >= 11 is 0. The van der Waals surface area contributed by atoms with Crippen LogP contribution in [0.5, 0.6) is 5.75 Å². The zero-order chi connectivity index (χ0) is 16.9. The molecule has 0 atom stereocenters. The van der Waals surface area contributed by atoms with Crippen molar-refractivity contribution in [1.82, 2.24) is 0 Å². The van der Waals surface area contributed by atoms with Crippen LogP contribution in [0.25, 0.3) is 0 Å². The molecule has 3 aromatic carbocycles. The molecule has 0 aromatic heterocycles. The summed E-state index contributed by atoms with van der Waals surface area (Å²) in [5, 5.41) is 8.44. The minimum absolute atomic E-state index is 0.325. The van der Waals surface area contributed by atoms with Gasteiger partial charge in [-0.2, -0.15) is 0 Å². The maximum Gasteiger partial charge on any atom is 0.343 e. The highest BCUT2D eigenvalue weighted by atomic mass is 16.5. The largest absolute Gasteiger partial charge is 0.422 e. The molecule has 0 amide bonds. The fourth-order valence-electron chi connectivity index (χ4n) is 2.37. The topological polar surface area (TPSA) is 50.1 Å². The van der Waals surface area contributed by atoms with E-state index < -0.39 is 5.97 Å². The van der Waals surface area contributed by atoms with Gasteiger partial charge in [-0.05, 0) is 31.2 Å². The van der Waals surface area contributed by atoms with Crippen molar-refractivity contribution in [3.63, 3.8) is 0 Å². The van der Waals surface area contributed by atoms with Crippen LogP contribution in [0.15, 0.2) is 78.9 Å². The summed E-state index contributed by atoms with van der Waals surface area (Å²) in [4.78, 5) is 12.3. The summed E-state index contributed by atoms with van der Waals surface area (Å²) in [6.07, 6.45) is 0. The normalized spacial score (nSPS) is 10.2. The van der Waals surface area contributed by atoms with E-state index >= 15 is 0 Å². The SMILES string of the molecule is Cc1ccc(C(=N)c2ccccc2OC(=O)c2ccccc2)cc1. The fourth-order valence-corrected chi connectivity index (χ4v) is 2.37. The van der Waals surface area contributed by atoms with Gasteiger partial charge in [-0.25, -0.2) is 4.79 Å². The third kappa shape index (κ3) is 3.41. The maximum absolute atomic E-state index is 12.3. The summed E-state index contributed by atoms with van der Waals surface area (Å²) in [5.74, 6) is -0.0447. The first-order valence-electron chi connectivity index (χ1n) is 7.67. The van der Waals surface area contributed by atoms with Crippen LogP contribution >= 0.6 is 0 Å². The third-order valence-electron chi connectivity index (χ3n) is 3.71. The van der Waals surface area contributed by atoms with Gasteiger partial charge in [0.15, 0.2) is 0 Å². The summed E-state index contributed by atoms with van der Waals surface area (Å²) in [5.41, 5.74) is 3.31. The number of hydrogen-bond acceptors (Lipinski definition) is 3. The van der Waals surface area contributed by atoms with Crippen molar-refractivity contribution in [1.29, 1.82) is 5.41 Å². The van der Waals surface area contributed by atoms with Gasteiger partial charge in [0.05, 0.1) is 11.3 Å². The van der Waals surface area contributed by atoms with E-state index in [1.54, 1.807) is 42.5 Å². The van der Waals surface area contributed by atoms with Crippen molar-refractivity contribution in [2.24, 2.45) is 0 Å². The Kier molecular flexibility index (Phi) is 4.52. The lowest BCUT2D eigenvalue weighted by molar-refractivity contribution is 0.0734. The van der Waals surface area contributed by atoms with E-state index in [4.69, 9.17) is 10.1 Å². The van der Waals surface area contributed by atoms with Gasteiger partial charge >= 0.3 is 5.97 Å². The molecule has 0 fully saturated rings. The lowest BCUT2D eigenvalue weighted by Gasteiger charge is -2.11. The second-order valence-corrected chi connectivity index (χ2v) is 5.49. The molecule has 0 saturated heterocycles. The summed E-state index contributed by atoms with van der Waals surface area (Å²) in [6, 6.07) is 23.7. The second-order valence-electron chi connectivity index (χ2n) is 5.49. The molecule has 0 heterocycles. The van der Waals surface area contributed by atoms with E-state index in [0.717, 1.165) is 11.1 Å². The van der Waals surface area contributed by atoms with Crippen LogP contribution in [0.1, 0.15) is 27.0 Å². The zero-order valence-corrected chi connectivity index (χ0v) is 13.3. The van der Waals surface area contributed by atoms with Gasteiger partial charge in [0.1, 0.15) is 5.75 Å². The number of aryl methyl sites for hydroxylation is 1. The number of benzene rings is 3. The molecular formula is C21H17NO2. The average molecular weight is 315 g/mol. The highest BCUT2D eigenvalue weighted by molar-refractivity contribution is 6.13. The van der Waals surface area contributed by atoms with Gasteiger partial charge in [-0.1, -0.05) is 60.2 Å². The lowest BCUT2D eigenvalue weighted by Crippen LogP contribution is -2.12. The molecule has 0 radical (unpaired) electrons. The Bertz CT molecular complexity index is 868. The van der Waals surface area contributed by atoms with Crippen LogP contribution < -0.4 is 4.74 Å². The van der Waals surface area contributed by atoms with E-state index in [9.17, 15) is 4.79 Å². The van der Waals surface area contributed by atoms with E-state index in [1.807, 2.05) is 43.3 Å². The maximum atomic E-state index is 12.3. The Morgan fingerprint density at radius 2 is 1.42 bits per heavy atom. The van der Waals surface area contributed by atoms with Gasteiger partial charge in [-0.15, -0.1) is 0 Å². The molecule has 24 heavy (non-hydrogen) atoms. The Balaban J connectivity index is 1.89. The van der Waals surface area contributed by atoms with Gasteiger partial charge in [-0.3, -0.25) is 5.41 Å². The summed E-state index contributed by atoms with van der Waals surface area (Å²) in [6.45, 7) is 2.00. The number of ether oxygens (including phenoxy) is 1. The predicted octanol–water partition coefficient (Wildman–Crippen LogP) is 4.63. The molecular weight excluding hydrogens is 298 g/mol. The number of para-hydroxylation sites is 1. The Morgan fingerprint density at radius 1 is 0.792 bits per heavy atom. The van der Waals surface area contributed by atoms with Crippen molar-refractivity contribution in [2.75, 3.05) is 0 Å². The molecule has 3 heteroatoms. The standard InChI is InChI=1S/C21H17NO2/c1-15-11-13-16(14-12-15)20(22)18-9-5-6-10-19(18)24-21(23)17-7-3-2-4-8-17/h2-14,22H,1H3. The molecule has 118 valence electrons. The molecule has 0 aliphatic heterocycles. The monoisotopic (exact) mass is 315 g/mol. The number of carbonyl (C=O) groups is 1. The highest BCUT2D eigenvalue weighted by Crippen LogP contribution is 2.23. The number of esters is 1. The Hall–Kier alpha value is -3.20. The van der Waals surface area contributed by atoms with Crippen LogP contribution in [0, 0.1) is 12.3 Å². The molecule has 1 N–H and O–H groups in total. The molecule has 3 rings (SSSR count). The minimum Gasteiger partial charge on any atom is -0.422 e. The van der Waals surface area contributed by atoms with E-state index in [-0.39, 0.29) is 0 Å². The lowest BCUT2D eigenvalue weighted by atomic mass is 10.0. The summed E-state index contributed by atoms with van der Waals surface area (Å²) < 4.78 is 5.52. The van der Waals surface area contributed by atoms with Crippen molar-refractivity contribution in [3.05, 3.63) is 101 Å². The molecule has 0 aliphatic carbocycles. The van der Waals surface area contributed by atoms with Crippen molar-refractivity contribution in [2.45, 2.75) is 6.92 Å². The first-order chi connectivity index (χ1) is 11.6. The van der Waals surface area contributed by atoms with Crippen molar-refractivity contribution >= 4 is 11.7 Å². The van der Waals surface area contributed by atoms with Gasteiger partial charge in [0.25, 0.3) is 0 Å². The number of carbonyl (C=O) groups excluding carboxylic acids is 1. The van der Waals surface area contributed by atoms with Gasteiger partial charge < -0.3 is 4.74 Å². The molecule has 0 aliphatic rings. The minimum atomic E-state index is -0.431. The third-order valence-corrected chi connectivity index (χ3v) is 3.71. The van der Waals surface area contributed by atoms with Crippen LogP contribution in [0.3, 0.4) is 0 Å². The number of nitrogens with one attached hydrogen (secondary N) is 1. The van der Waals surface area contributed by atoms with Gasteiger partial charge in [0, 0.05) is 11.1 Å². The van der Waals surface area contributed by atoms with E-state index in [2.05, 4.69) is 0 Å². The van der Waals surface area contributed by atoms with E-state index in [0.29, 0.717) is 22.6 Å². The summed E-state index contributed by atoms with van der Waals surface area (Å²) in [7, 11) is 0. The van der Waals surface area contributed by atoms with Crippen molar-refractivity contribution < 1.29 is 9.53 Å². The van der Waals surface area contributed by atoms with Crippen LogP contribution in [-0.4, -0.2) is 11.7 Å². The molecule has 3 aromatic rings. The average Bonchev–Trinajstić information content (AvgIpc) is 2.63. The highest BCUT2D eigenvalue weighted by Gasteiger charge is 2.14. The molecule has 0 spiro atoms.